The zero-order valence-corrected chi connectivity index (χ0v) is 17.9. The molecule has 6 nitrogen and oxygen atoms in total. The molecule has 0 unspecified atom stereocenters. The highest BCUT2D eigenvalue weighted by atomic mass is 19.1. The Morgan fingerprint density at radius 2 is 1.72 bits per heavy atom. The molecule has 1 amide bonds. The number of aromatic nitrogens is 3. The number of hydrogen-bond acceptors (Lipinski definition) is 4. The van der Waals surface area contributed by atoms with E-state index in [1.165, 1.54) is 6.07 Å². The number of rotatable bonds is 4. The minimum atomic E-state index is -0.234. The number of piperazine rings is 1. The van der Waals surface area contributed by atoms with Crippen LogP contribution in [0.4, 0.5) is 10.1 Å². The highest BCUT2D eigenvalue weighted by Gasteiger charge is 2.26. The van der Waals surface area contributed by atoms with Crippen LogP contribution in [-0.2, 0) is 6.54 Å². The van der Waals surface area contributed by atoms with Gasteiger partial charge in [-0.2, -0.15) is 5.10 Å². The van der Waals surface area contributed by atoms with E-state index in [1.54, 1.807) is 18.3 Å². The Kier molecular flexibility index (Phi) is 5.31. The second kappa shape index (κ2) is 8.42. The molecule has 32 heavy (non-hydrogen) atoms. The molecule has 0 spiro atoms. The molecular weight excluding hydrogens is 405 g/mol. The number of carbonyl (C=O) groups excluding carboxylic acids is 1. The van der Waals surface area contributed by atoms with Crippen molar-refractivity contribution in [3.05, 3.63) is 78.2 Å². The normalized spacial score (nSPS) is 14.2. The third-order valence-electron chi connectivity index (χ3n) is 5.97. The first kappa shape index (κ1) is 20.2. The van der Waals surface area contributed by atoms with E-state index < -0.39 is 0 Å². The van der Waals surface area contributed by atoms with Crippen LogP contribution in [0.2, 0.25) is 0 Å². The molecule has 1 saturated heterocycles. The number of amides is 1. The van der Waals surface area contributed by atoms with Crippen molar-refractivity contribution < 1.29 is 9.18 Å². The molecule has 5 rings (SSSR count). The number of hydrogen-bond donors (Lipinski definition) is 0. The predicted octanol–water partition coefficient (Wildman–Crippen LogP) is 4.22. The van der Waals surface area contributed by atoms with E-state index in [2.05, 4.69) is 5.10 Å². The Hall–Kier alpha value is -3.74. The largest absolute Gasteiger partial charge is 0.366 e. The maximum Gasteiger partial charge on any atom is 0.254 e. The maximum absolute atomic E-state index is 14.2. The number of halogens is 1. The van der Waals surface area contributed by atoms with Crippen LogP contribution in [0.25, 0.3) is 22.3 Å². The minimum absolute atomic E-state index is 0.0431. The number of aryl methyl sites for hydroxylation is 1. The summed E-state index contributed by atoms with van der Waals surface area (Å²) < 4.78 is 16.0. The quantitative estimate of drug-likeness (QED) is 0.487. The standard InChI is InChI=1S/C25H24FN5O/c1-2-31-24-20(17-27-31)19(16-22(28-24)18-8-4-3-5-9-18)25(32)30-14-12-29(13-15-30)23-11-7-6-10-21(23)26/h3-11,16-17H,2,12-15H2,1H3. The van der Waals surface area contributed by atoms with Crippen LogP contribution in [0, 0.1) is 5.82 Å². The summed E-state index contributed by atoms with van der Waals surface area (Å²) in [4.78, 5) is 22.2. The van der Waals surface area contributed by atoms with Crippen LogP contribution in [0.15, 0.2) is 66.9 Å². The molecule has 0 N–H and O–H groups in total. The predicted molar refractivity (Wildman–Crippen MR) is 123 cm³/mol. The van der Waals surface area contributed by atoms with Gasteiger partial charge in [-0.25, -0.2) is 14.1 Å². The number of benzene rings is 2. The van der Waals surface area contributed by atoms with Gasteiger partial charge in [0.05, 0.1) is 28.5 Å². The van der Waals surface area contributed by atoms with Crippen molar-refractivity contribution in [2.24, 2.45) is 0 Å². The minimum Gasteiger partial charge on any atom is -0.366 e. The number of carbonyl (C=O) groups is 1. The highest BCUT2D eigenvalue weighted by Crippen LogP contribution is 2.27. The smallest absolute Gasteiger partial charge is 0.254 e. The van der Waals surface area contributed by atoms with Crippen LogP contribution in [0.3, 0.4) is 0 Å². The molecule has 1 aliphatic heterocycles. The fourth-order valence-electron chi connectivity index (χ4n) is 4.24. The molecule has 0 saturated carbocycles. The highest BCUT2D eigenvalue weighted by molar-refractivity contribution is 6.06. The average molecular weight is 429 g/mol. The summed E-state index contributed by atoms with van der Waals surface area (Å²) >= 11 is 0. The number of para-hydroxylation sites is 1. The monoisotopic (exact) mass is 429 g/mol. The number of nitrogens with zero attached hydrogens (tertiary/aromatic N) is 5. The van der Waals surface area contributed by atoms with Gasteiger partial charge in [0.15, 0.2) is 5.65 Å². The van der Waals surface area contributed by atoms with Crippen LogP contribution < -0.4 is 4.90 Å². The van der Waals surface area contributed by atoms with Crippen LogP contribution in [-0.4, -0.2) is 51.8 Å². The molecule has 0 aliphatic carbocycles. The lowest BCUT2D eigenvalue weighted by atomic mass is 10.1. The first-order chi connectivity index (χ1) is 15.7. The van der Waals surface area contributed by atoms with Gasteiger partial charge in [0.1, 0.15) is 5.82 Å². The van der Waals surface area contributed by atoms with Crippen LogP contribution in [0.1, 0.15) is 17.3 Å². The van der Waals surface area contributed by atoms with Crippen molar-refractivity contribution in [1.29, 1.82) is 0 Å². The van der Waals surface area contributed by atoms with Crippen LogP contribution >= 0.6 is 0 Å². The second-order valence-electron chi connectivity index (χ2n) is 7.85. The summed E-state index contributed by atoms with van der Waals surface area (Å²) in [5.74, 6) is -0.277. The first-order valence-corrected chi connectivity index (χ1v) is 10.9. The zero-order valence-electron chi connectivity index (χ0n) is 17.9. The molecule has 2 aromatic heterocycles. The molecular formula is C25H24FN5O. The summed E-state index contributed by atoms with van der Waals surface area (Å²) in [7, 11) is 0. The summed E-state index contributed by atoms with van der Waals surface area (Å²) in [5.41, 5.74) is 3.61. The SMILES string of the molecule is CCn1ncc2c(C(=O)N3CCN(c4ccccc4F)CC3)cc(-c3ccccc3)nc21. The summed E-state index contributed by atoms with van der Waals surface area (Å²) in [6.45, 7) is 4.90. The number of fused-ring (bicyclic) bond motifs is 1. The van der Waals surface area contributed by atoms with E-state index >= 15 is 0 Å². The fourth-order valence-corrected chi connectivity index (χ4v) is 4.24. The van der Waals surface area contributed by atoms with E-state index in [9.17, 15) is 9.18 Å². The van der Waals surface area contributed by atoms with Crippen LogP contribution in [0.5, 0.6) is 0 Å². The van der Waals surface area contributed by atoms with Gasteiger partial charge in [0.25, 0.3) is 5.91 Å². The molecule has 4 aromatic rings. The number of anilines is 1. The van der Waals surface area contributed by atoms with Gasteiger partial charge >= 0.3 is 0 Å². The van der Waals surface area contributed by atoms with Gasteiger partial charge in [0, 0.05) is 38.3 Å². The van der Waals surface area contributed by atoms with Crippen molar-refractivity contribution in [3.63, 3.8) is 0 Å². The fraction of sp³-hybridized carbons (Fsp3) is 0.240. The van der Waals surface area contributed by atoms with Crippen molar-refractivity contribution in [3.8, 4) is 11.3 Å². The van der Waals surface area contributed by atoms with Gasteiger partial charge in [-0.3, -0.25) is 4.79 Å². The van der Waals surface area contributed by atoms with Gasteiger partial charge in [-0.1, -0.05) is 42.5 Å². The summed E-state index contributed by atoms with van der Waals surface area (Å²) in [6.07, 6.45) is 1.73. The molecule has 162 valence electrons. The summed E-state index contributed by atoms with van der Waals surface area (Å²) in [6, 6.07) is 18.5. The van der Waals surface area contributed by atoms with E-state index in [4.69, 9.17) is 4.98 Å². The summed E-state index contributed by atoms with van der Waals surface area (Å²) in [5, 5.41) is 5.19. The molecule has 1 fully saturated rings. The molecule has 0 bridgehead atoms. The molecule has 0 radical (unpaired) electrons. The van der Waals surface area contributed by atoms with Crippen molar-refractivity contribution in [2.45, 2.75) is 13.5 Å². The van der Waals surface area contributed by atoms with Gasteiger partial charge in [-0.15, -0.1) is 0 Å². The zero-order chi connectivity index (χ0) is 22.1. The van der Waals surface area contributed by atoms with Crippen molar-refractivity contribution >= 4 is 22.6 Å². The van der Waals surface area contributed by atoms with E-state index in [1.807, 2.05) is 63.9 Å². The van der Waals surface area contributed by atoms with E-state index in [0.717, 1.165) is 16.6 Å². The lowest BCUT2D eigenvalue weighted by molar-refractivity contribution is 0.0748. The number of pyridine rings is 1. The molecule has 0 atom stereocenters. The Morgan fingerprint density at radius 3 is 2.44 bits per heavy atom. The van der Waals surface area contributed by atoms with Gasteiger partial charge < -0.3 is 9.80 Å². The Balaban J connectivity index is 1.46. The van der Waals surface area contributed by atoms with E-state index in [-0.39, 0.29) is 11.7 Å². The molecule has 3 heterocycles. The third kappa shape index (κ3) is 3.60. The first-order valence-electron chi connectivity index (χ1n) is 10.9. The third-order valence-corrected chi connectivity index (χ3v) is 5.97. The van der Waals surface area contributed by atoms with Crippen molar-refractivity contribution in [1.82, 2.24) is 19.7 Å². The lowest BCUT2D eigenvalue weighted by Gasteiger charge is -2.36. The molecule has 1 aliphatic rings. The van der Waals surface area contributed by atoms with Gasteiger partial charge in [0.2, 0.25) is 0 Å². The Bertz CT molecular complexity index is 1260. The average Bonchev–Trinajstić information content (AvgIpc) is 3.27. The molecule has 2 aromatic carbocycles. The Morgan fingerprint density at radius 1 is 1.00 bits per heavy atom. The van der Waals surface area contributed by atoms with E-state index in [0.29, 0.717) is 49.6 Å². The van der Waals surface area contributed by atoms with Crippen molar-refractivity contribution in [2.75, 3.05) is 31.1 Å². The maximum atomic E-state index is 14.2. The second-order valence-corrected chi connectivity index (χ2v) is 7.85. The lowest BCUT2D eigenvalue weighted by Crippen LogP contribution is -2.49. The van der Waals surface area contributed by atoms with Gasteiger partial charge in [-0.05, 0) is 25.1 Å². The Labute approximate surface area is 185 Å². The topological polar surface area (TPSA) is 54.3 Å². The molecule has 7 heteroatoms.